The van der Waals surface area contributed by atoms with Gasteiger partial charge in [0.1, 0.15) is 6.29 Å². The molecule has 0 fully saturated rings. The summed E-state index contributed by atoms with van der Waals surface area (Å²) >= 11 is 0. The second-order valence-corrected chi connectivity index (χ2v) is 3.16. The van der Waals surface area contributed by atoms with Crippen molar-refractivity contribution >= 4 is 6.29 Å². The zero-order valence-electron chi connectivity index (χ0n) is 7.94. The smallest absolute Gasteiger partial charge is 0.123 e. The fraction of sp³-hybridized carbons (Fsp3) is 0.455. The van der Waals surface area contributed by atoms with E-state index in [2.05, 4.69) is 4.98 Å². The number of pyridine rings is 1. The van der Waals surface area contributed by atoms with Gasteiger partial charge in [-0.2, -0.15) is 0 Å². The molecule has 0 aliphatic carbocycles. The minimum Gasteiger partial charge on any atom is -0.303 e. The van der Waals surface area contributed by atoms with Crippen LogP contribution >= 0.6 is 0 Å². The molecule has 1 aromatic rings. The van der Waals surface area contributed by atoms with Gasteiger partial charge >= 0.3 is 0 Å². The number of aryl methyl sites for hydroxylation is 1. The molecule has 0 aliphatic heterocycles. The monoisotopic (exact) mass is 177 g/mol. The molecule has 0 saturated carbocycles. The van der Waals surface area contributed by atoms with E-state index in [0.29, 0.717) is 0 Å². The van der Waals surface area contributed by atoms with Crippen LogP contribution < -0.4 is 0 Å². The standard InChI is InChI=1S/C11H15NO/c1-2-10(9-13)6-7-11-5-3-4-8-12-11/h3-5,8-10H,2,6-7H2,1H3. The van der Waals surface area contributed by atoms with E-state index in [1.54, 1.807) is 6.20 Å². The van der Waals surface area contributed by atoms with Gasteiger partial charge in [0, 0.05) is 17.8 Å². The molecule has 2 heteroatoms. The minimum absolute atomic E-state index is 0.196. The molecule has 0 amide bonds. The van der Waals surface area contributed by atoms with Gasteiger partial charge in [-0.1, -0.05) is 13.0 Å². The van der Waals surface area contributed by atoms with E-state index in [0.717, 1.165) is 31.2 Å². The van der Waals surface area contributed by atoms with Gasteiger partial charge in [-0.15, -0.1) is 0 Å². The first-order chi connectivity index (χ1) is 6.36. The molecule has 2 nitrogen and oxygen atoms in total. The SMILES string of the molecule is CCC(C=O)CCc1ccccn1. The molecular weight excluding hydrogens is 162 g/mol. The Balaban J connectivity index is 2.38. The summed E-state index contributed by atoms with van der Waals surface area (Å²) in [6.45, 7) is 2.04. The Kier molecular flexibility index (Phi) is 4.16. The van der Waals surface area contributed by atoms with Gasteiger partial charge < -0.3 is 4.79 Å². The maximum atomic E-state index is 10.5. The van der Waals surface area contributed by atoms with E-state index in [4.69, 9.17) is 0 Å². The van der Waals surface area contributed by atoms with E-state index in [1.165, 1.54) is 0 Å². The molecule has 0 spiro atoms. The van der Waals surface area contributed by atoms with Gasteiger partial charge in [-0.25, -0.2) is 0 Å². The molecule has 1 unspecified atom stereocenters. The van der Waals surface area contributed by atoms with Gasteiger partial charge in [0.15, 0.2) is 0 Å². The molecular formula is C11H15NO. The molecule has 1 rings (SSSR count). The van der Waals surface area contributed by atoms with E-state index in [9.17, 15) is 4.79 Å². The highest BCUT2D eigenvalue weighted by molar-refractivity contribution is 5.53. The topological polar surface area (TPSA) is 30.0 Å². The first-order valence-electron chi connectivity index (χ1n) is 4.72. The summed E-state index contributed by atoms with van der Waals surface area (Å²) < 4.78 is 0. The van der Waals surface area contributed by atoms with Gasteiger partial charge in [0.2, 0.25) is 0 Å². The van der Waals surface area contributed by atoms with Gasteiger partial charge in [-0.3, -0.25) is 4.98 Å². The molecule has 0 N–H and O–H groups in total. The van der Waals surface area contributed by atoms with Crippen molar-refractivity contribution in [3.63, 3.8) is 0 Å². The number of carbonyl (C=O) groups excluding carboxylic acids is 1. The summed E-state index contributed by atoms with van der Waals surface area (Å²) in [6, 6.07) is 5.88. The summed E-state index contributed by atoms with van der Waals surface area (Å²) in [5, 5.41) is 0. The average Bonchev–Trinajstić information content (AvgIpc) is 2.21. The Morgan fingerprint density at radius 1 is 1.54 bits per heavy atom. The highest BCUT2D eigenvalue weighted by Gasteiger charge is 2.04. The fourth-order valence-electron chi connectivity index (χ4n) is 1.25. The molecule has 0 bridgehead atoms. The first-order valence-corrected chi connectivity index (χ1v) is 4.72. The molecule has 1 atom stereocenters. The van der Waals surface area contributed by atoms with Gasteiger partial charge in [-0.05, 0) is 31.4 Å². The Morgan fingerprint density at radius 3 is 2.92 bits per heavy atom. The van der Waals surface area contributed by atoms with E-state index < -0.39 is 0 Å². The van der Waals surface area contributed by atoms with Gasteiger partial charge in [0.05, 0.1) is 0 Å². The quantitative estimate of drug-likeness (QED) is 0.645. The van der Waals surface area contributed by atoms with Crippen molar-refractivity contribution < 1.29 is 4.79 Å². The molecule has 70 valence electrons. The number of hydrogen-bond acceptors (Lipinski definition) is 2. The molecule has 0 saturated heterocycles. The zero-order valence-corrected chi connectivity index (χ0v) is 7.94. The Morgan fingerprint density at radius 2 is 2.38 bits per heavy atom. The Hall–Kier alpha value is -1.18. The van der Waals surface area contributed by atoms with E-state index >= 15 is 0 Å². The predicted octanol–water partition coefficient (Wildman–Crippen LogP) is 2.24. The van der Waals surface area contributed by atoms with Crippen LogP contribution in [0.25, 0.3) is 0 Å². The van der Waals surface area contributed by atoms with Crippen molar-refractivity contribution in [1.29, 1.82) is 0 Å². The zero-order chi connectivity index (χ0) is 9.52. The van der Waals surface area contributed by atoms with Crippen LogP contribution in [-0.2, 0) is 11.2 Å². The maximum absolute atomic E-state index is 10.5. The van der Waals surface area contributed by atoms with Crippen molar-refractivity contribution in [2.45, 2.75) is 26.2 Å². The molecule has 1 aromatic heterocycles. The lowest BCUT2D eigenvalue weighted by Crippen LogP contribution is -2.02. The number of carbonyl (C=O) groups is 1. The van der Waals surface area contributed by atoms with Crippen molar-refractivity contribution in [2.24, 2.45) is 5.92 Å². The van der Waals surface area contributed by atoms with Crippen LogP contribution in [0.1, 0.15) is 25.5 Å². The van der Waals surface area contributed by atoms with E-state index in [-0.39, 0.29) is 5.92 Å². The molecule has 0 radical (unpaired) electrons. The number of rotatable bonds is 5. The number of hydrogen-bond donors (Lipinski definition) is 0. The summed E-state index contributed by atoms with van der Waals surface area (Å²) in [5.74, 6) is 0.196. The normalized spacial score (nSPS) is 12.4. The Labute approximate surface area is 79.0 Å². The summed E-state index contributed by atoms with van der Waals surface area (Å²) in [7, 11) is 0. The number of aldehydes is 1. The lowest BCUT2D eigenvalue weighted by atomic mass is 10.0. The van der Waals surface area contributed by atoms with E-state index in [1.807, 2.05) is 25.1 Å². The van der Waals surface area contributed by atoms with Gasteiger partial charge in [0.25, 0.3) is 0 Å². The summed E-state index contributed by atoms with van der Waals surface area (Å²) in [4.78, 5) is 14.7. The lowest BCUT2D eigenvalue weighted by molar-refractivity contribution is -0.111. The first kappa shape index (κ1) is 9.90. The van der Waals surface area contributed by atoms with Crippen LogP contribution in [0, 0.1) is 5.92 Å². The van der Waals surface area contributed by atoms with Crippen molar-refractivity contribution in [3.8, 4) is 0 Å². The van der Waals surface area contributed by atoms with Crippen molar-refractivity contribution in [3.05, 3.63) is 30.1 Å². The third kappa shape index (κ3) is 3.36. The van der Waals surface area contributed by atoms with Crippen LogP contribution in [0.15, 0.2) is 24.4 Å². The van der Waals surface area contributed by atoms with Crippen LogP contribution in [-0.4, -0.2) is 11.3 Å². The molecule has 1 heterocycles. The highest BCUT2D eigenvalue weighted by Crippen LogP contribution is 2.08. The maximum Gasteiger partial charge on any atom is 0.123 e. The fourth-order valence-corrected chi connectivity index (χ4v) is 1.25. The third-order valence-corrected chi connectivity index (χ3v) is 2.21. The largest absolute Gasteiger partial charge is 0.303 e. The minimum atomic E-state index is 0.196. The average molecular weight is 177 g/mol. The van der Waals surface area contributed by atoms with Crippen LogP contribution in [0.5, 0.6) is 0 Å². The third-order valence-electron chi connectivity index (χ3n) is 2.21. The van der Waals surface area contributed by atoms with Crippen LogP contribution in [0.4, 0.5) is 0 Å². The lowest BCUT2D eigenvalue weighted by Gasteiger charge is -2.05. The Bertz CT molecular complexity index is 246. The number of nitrogens with zero attached hydrogens (tertiary/aromatic N) is 1. The predicted molar refractivity (Wildman–Crippen MR) is 52.4 cm³/mol. The summed E-state index contributed by atoms with van der Waals surface area (Å²) in [5.41, 5.74) is 1.07. The van der Waals surface area contributed by atoms with Crippen LogP contribution in [0.2, 0.25) is 0 Å². The summed E-state index contributed by atoms with van der Waals surface area (Å²) in [6.07, 6.45) is 5.57. The van der Waals surface area contributed by atoms with Crippen molar-refractivity contribution in [2.75, 3.05) is 0 Å². The molecule has 13 heavy (non-hydrogen) atoms. The molecule has 0 aliphatic rings. The second kappa shape index (κ2) is 5.46. The molecule has 0 aromatic carbocycles. The van der Waals surface area contributed by atoms with Crippen LogP contribution in [0.3, 0.4) is 0 Å². The second-order valence-electron chi connectivity index (χ2n) is 3.16. The van der Waals surface area contributed by atoms with Crippen molar-refractivity contribution in [1.82, 2.24) is 4.98 Å². The number of aromatic nitrogens is 1. The highest BCUT2D eigenvalue weighted by atomic mass is 16.1.